The lowest BCUT2D eigenvalue weighted by molar-refractivity contribution is -0.0399. The van der Waals surface area contributed by atoms with Crippen LogP contribution in [0.5, 0.6) is 0 Å². The highest BCUT2D eigenvalue weighted by Crippen LogP contribution is 2.34. The van der Waals surface area contributed by atoms with Gasteiger partial charge in [0.05, 0.1) is 11.0 Å². The Morgan fingerprint density at radius 1 is 1.17 bits per heavy atom. The second-order valence-electron chi connectivity index (χ2n) is 6.28. The summed E-state index contributed by atoms with van der Waals surface area (Å²) in [6.45, 7) is 1.91. The SMILES string of the molecule is CN1CCC(ONC(=O)c2sc(C(=O)O)c3c2CCCC3)CC1. The second kappa shape index (κ2) is 6.98. The number of piperidine rings is 1. The molecule has 0 unspecified atom stereocenters. The van der Waals surface area contributed by atoms with E-state index in [0.29, 0.717) is 9.75 Å². The van der Waals surface area contributed by atoms with Gasteiger partial charge in [-0.15, -0.1) is 11.3 Å². The Labute approximate surface area is 139 Å². The number of carbonyl (C=O) groups excluding carboxylic acids is 1. The molecular formula is C16H22N2O4S. The van der Waals surface area contributed by atoms with Gasteiger partial charge >= 0.3 is 5.97 Å². The van der Waals surface area contributed by atoms with Gasteiger partial charge in [-0.05, 0) is 56.7 Å². The van der Waals surface area contributed by atoms with Crippen molar-refractivity contribution in [1.29, 1.82) is 0 Å². The minimum Gasteiger partial charge on any atom is -0.477 e. The number of carboxylic acids is 1. The van der Waals surface area contributed by atoms with Crippen LogP contribution in [0.1, 0.15) is 56.2 Å². The lowest BCUT2D eigenvalue weighted by Gasteiger charge is -2.28. The van der Waals surface area contributed by atoms with E-state index in [1.165, 1.54) is 0 Å². The van der Waals surface area contributed by atoms with E-state index < -0.39 is 5.97 Å². The first-order valence-electron chi connectivity index (χ1n) is 8.08. The topological polar surface area (TPSA) is 78.9 Å². The summed E-state index contributed by atoms with van der Waals surface area (Å²) in [6, 6.07) is 0. The maximum absolute atomic E-state index is 12.4. The predicted octanol–water partition coefficient (Wildman–Crippen LogP) is 2.08. The van der Waals surface area contributed by atoms with Crippen molar-refractivity contribution >= 4 is 23.2 Å². The Bertz CT molecular complexity index is 605. The van der Waals surface area contributed by atoms with Gasteiger partial charge in [-0.25, -0.2) is 10.3 Å². The molecule has 0 bridgehead atoms. The Morgan fingerprint density at radius 3 is 2.39 bits per heavy atom. The molecule has 0 spiro atoms. The predicted molar refractivity (Wildman–Crippen MR) is 87.0 cm³/mol. The molecular weight excluding hydrogens is 316 g/mol. The quantitative estimate of drug-likeness (QED) is 0.822. The Morgan fingerprint density at radius 2 is 1.78 bits per heavy atom. The summed E-state index contributed by atoms with van der Waals surface area (Å²) in [5.41, 5.74) is 4.30. The molecule has 0 radical (unpaired) electrons. The molecule has 6 nitrogen and oxygen atoms in total. The van der Waals surface area contributed by atoms with E-state index in [4.69, 9.17) is 4.84 Å². The van der Waals surface area contributed by atoms with Crippen LogP contribution in [-0.2, 0) is 17.7 Å². The summed E-state index contributed by atoms with van der Waals surface area (Å²) in [6.07, 6.45) is 5.31. The van der Waals surface area contributed by atoms with Crippen LogP contribution in [0, 0.1) is 0 Å². The van der Waals surface area contributed by atoms with Gasteiger partial charge in [0.1, 0.15) is 4.88 Å². The van der Waals surface area contributed by atoms with Crippen molar-refractivity contribution in [2.45, 2.75) is 44.6 Å². The van der Waals surface area contributed by atoms with E-state index in [9.17, 15) is 14.7 Å². The van der Waals surface area contributed by atoms with E-state index >= 15 is 0 Å². The highest BCUT2D eigenvalue weighted by molar-refractivity contribution is 7.16. The normalized spacial score (nSPS) is 19.3. The fraction of sp³-hybridized carbons (Fsp3) is 0.625. The number of hydrogen-bond acceptors (Lipinski definition) is 5. The van der Waals surface area contributed by atoms with Crippen LogP contribution < -0.4 is 5.48 Å². The summed E-state index contributed by atoms with van der Waals surface area (Å²) < 4.78 is 0. The number of nitrogens with zero attached hydrogens (tertiary/aromatic N) is 1. The minimum atomic E-state index is -0.941. The van der Waals surface area contributed by atoms with Gasteiger partial charge < -0.3 is 10.0 Å². The average molecular weight is 338 g/mol. The minimum absolute atomic E-state index is 0.0323. The number of rotatable bonds is 4. The maximum atomic E-state index is 12.4. The summed E-state index contributed by atoms with van der Waals surface area (Å²) >= 11 is 1.08. The fourth-order valence-electron chi connectivity index (χ4n) is 3.27. The van der Waals surface area contributed by atoms with Crippen LogP contribution in [-0.4, -0.2) is 48.1 Å². The lowest BCUT2D eigenvalue weighted by atomic mass is 9.92. The van der Waals surface area contributed by atoms with E-state index in [0.717, 1.165) is 74.1 Å². The molecule has 1 amide bonds. The highest BCUT2D eigenvalue weighted by atomic mass is 32.1. The molecule has 1 aliphatic heterocycles. The van der Waals surface area contributed by atoms with Crippen LogP contribution in [0.2, 0.25) is 0 Å². The molecule has 3 rings (SSSR count). The van der Waals surface area contributed by atoms with Crippen molar-refractivity contribution < 1.29 is 19.5 Å². The molecule has 1 saturated heterocycles. The molecule has 2 aliphatic rings. The van der Waals surface area contributed by atoms with Crippen LogP contribution in [0.15, 0.2) is 0 Å². The average Bonchev–Trinajstić information content (AvgIpc) is 2.94. The van der Waals surface area contributed by atoms with E-state index in [-0.39, 0.29) is 12.0 Å². The largest absolute Gasteiger partial charge is 0.477 e. The third kappa shape index (κ3) is 3.57. The Hall–Kier alpha value is -1.44. The van der Waals surface area contributed by atoms with Crippen molar-refractivity contribution in [1.82, 2.24) is 10.4 Å². The number of likely N-dealkylation sites (tertiary alicyclic amines) is 1. The van der Waals surface area contributed by atoms with Crippen LogP contribution in [0.4, 0.5) is 0 Å². The first-order chi connectivity index (χ1) is 11.1. The third-order valence-electron chi connectivity index (χ3n) is 4.60. The van der Waals surface area contributed by atoms with Crippen molar-refractivity contribution in [3.8, 4) is 0 Å². The number of aromatic carboxylic acids is 1. The van der Waals surface area contributed by atoms with Gasteiger partial charge in [0, 0.05) is 13.1 Å². The third-order valence-corrected chi connectivity index (χ3v) is 5.87. The van der Waals surface area contributed by atoms with Gasteiger partial charge in [0.25, 0.3) is 5.91 Å². The molecule has 1 aromatic rings. The number of fused-ring (bicyclic) bond motifs is 1. The Kier molecular flexibility index (Phi) is 4.99. The van der Waals surface area contributed by atoms with E-state index in [1.807, 2.05) is 0 Å². The zero-order valence-electron chi connectivity index (χ0n) is 13.3. The first kappa shape index (κ1) is 16.4. The monoisotopic (exact) mass is 338 g/mol. The van der Waals surface area contributed by atoms with E-state index in [2.05, 4.69) is 17.4 Å². The number of amides is 1. The first-order valence-corrected chi connectivity index (χ1v) is 8.90. The lowest BCUT2D eigenvalue weighted by Crippen LogP contribution is -2.38. The number of nitrogens with one attached hydrogen (secondary N) is 1. The van der Waals surface area contributed by atoms with E-state index in [1.54, 1.807) is 0 Å². The number of thiophene rings is 1. The Balaban J connectivity index is 1.68. The fourth-order valence-corrected chi connectivity index (χ4v) is 4.40. The second-order valence-corrected chi connectivity index (χ2v) is 7.30. The number of carbonyl (C=O) groups is 2. The number of hydrogen-bond donors (Lipinski definition) is 2. The zero-order chi connectivity index (χ0) is 16.4. The summed E-state index contributed by atoms with van der Waals surface area (Å²) in [7, 11) is 2.07. The summed E-state index contributed by atoms with van der Waals surface area (Å²) in [4.78, 5) is 32.4. The molecule has 2 heterocycles. The van der Waals surface area contributed by atoms with Crippen molar-refractivity contribution in [2.75, 3.05) is 20.1 Å². The molecule has 1 aromatic heterocycles. The molecule has 2 N–H and O–H groups in total. The molecule has 1 fully saturated rings. The molecule has 0 aromatic carbocycles. The van der Waals surface area contributed by atoms with Crippen LogP contribution in [0.25, 0.3) is 0 Å². The van der Waals surface area contributed by atoms with Crippen LogP contribution >= 0.6 is 11.3 Å². The summed E-state index contributed by atoms with van der Waals surface area (Å²) in [5, 5.41) is 9.34. The smallest absolute Gasteiger partial charge is 0.346 e. The zero-order valence-corrected chi connectivity index (χ0v) is 14.1. The standard InChI is InChI=1S/C16H22N2O4S/c1-18-8-6-10(7-9-18)22-17-15(19)13-11-4-2-3-5-12(11)14(23-13)16(20)21/h10H,2-9H2,1H3,(H,17,19)(H,20,21). The number of hydroxylamine groups is 1. The van der Waals surface area contributed by atoms with Crippen molar-refractivity contribution in [3.05, 3.63) is 20.9 Å². The van der Waals surface area contributed by atoms with Crippen molar-refractivity contribution in [2.24, 2.45) is 0 Å². The molecule has 0 atom stereocenters. The summed E-state index contributed by atoms with van der Waals surface area (Å²) in [5.74, 6) is -1.25. The van der Waals surface area contributed by atoms with Gasteiger partial charge in [-0.3, -0.25) is 9.63 Å². The molecule has 0 saturated carbocycles. The molecule has 126 valence electrons. The maximum Gasteiger partial charge on any atom is 0.346 e. The van der Waals surface area contributed by atoms with Gasteiger partial charge in [0.15, 0.2) is 0 Å². The molecule has 1 aliphatic carbocycles. The van der Waals surface area contributed by atoms with Gasteiger partial charge in [0.2, 0.25) is 0 Å². The van der Waals surface area contributed by atoms with Crippen LogP contribution in [0.3, 0.4) is 0 Å². The molecule has 23 heavy (non-hydrogen) atoms. The number of carboxylic acid groups (broad SMARTS) is 1. The van der Waals surface area contributed by atoms with Gasteiger partial charge in [-0.2, -0.15) is 0 Å². The highest BCUT2D eigenvalue weighted by Gasteiger charge is 2.28. The molecule has 7 heteroatoms. The van der Waals surface area contributed by atoms with Gasteiger partial charge in [-0.1, -0.05) is 0 Å². The van der Waals surface area contributed by atoms with Crippen molar-refractivity contribution in [3.63, 3.8) is 0 Å².